The topological polar surface area (TPSA) is 61.0 Å². The van der Waals surface area contributed by atoms with Crippen LogP contribution in [0.3, 0.4) is 0 Å². The van der Waals surface area contributed by atoms with E-state index in [-0.39, 0.29) is 0 Å². The van der Waals surface area contributed by atoms with Gasteiger partial charge in [0.2, 0.25) is 5.95 Å². The molecule has 0 saturated carbocycles. The molecule has 0 aliphatic carbocycles. The lowest BCUT2D eigenvalue weighted by atomic mass is 10.0. The number of unbranched alkanes of at least 4 members (excludes halogenated alkanes) is 17. The summed E-state index contributed by atoms with van der Waals surface area (Å²) >= 11 is 0. The molecule has 35 heavy (non-hydrogen) atoms. The van der Waals surface area contributed by atoms with Crippen LogP contribution in [0, 0.1) is 0 Å². The van der Waals surface area contributed by atoms with Gasteiger partial charge in [0.1, 0.15) is 0 Å². The largest absolute Gasteiger partial charge is 0.381 e. The van der Waals surface area contributed by atoms with Crippen LogP contribution in [0.25, 0.3) is 10.9 Å². The normalized spacial score (nSPS) is 11.5. The fraction of sp³-hybridized carbons (Fsp3) is 0.742. The highest BCUT2D eigenvalue weighted by atomic mass is 16.5. The lowest BCUT2D eigenvalue weighted by Crippen LogP contribution is -2.01. The lowest BCUT2D eigenvalue weighted by molar-refractivity contribution is 0.126. The minimum atomic E-state index is 0.376. The number of para-hydroxylation sites is 1. The van der Waals surface area contributed by atoms with E-state index in [0.29, 0.717) is 5.95 Å². The zero-order chi connectivity index (χ0) is 24.8. The maximum atomic E-state index is 5.87. The molecule has 1 heterocycles. The van der Waals surface area contributed by atoms with Gasteiger partial charge in [-0.25, -0.2) is 9.97 Å². The van der Waals surface area contributed by atoms with Crippen LogP contribution < -0.4 is 5.73 Å². The monoisotopic (exact) mass is 483 g/mol. The Morgan fingerprint density at radius 3 is 1.66 bits per heavy atom. The molecule has 0 radical (unpaired) electrons. The maximum Gasteiger partial charge on any atom is 0.220 e. The van der Waals surface area contributed by atoms with Crippen LogP contribution in [0.15, 0.2) is 24.3 Å². The fourth-order valence-electron chi connectivity index (χ4n) is 4.88. The number of nitrogen functional groups attached to an aromatic ring is 1. The molecule has 0 aliphatic heterocycles. The number of rotatable bonds is 23. The summed E-state index contributed by atoms with van der Waals surface area (Å²) < 4.78 is 5.85. The summed E-state index contributed by atoms with van der Waals surface area (Å²) in [6, 6.07) is 8.13. The van der Waals surface area contributed by atoms with Crippen molar-refractivity contribution in [2.75, 3.05) is 18.9 Å². The number of aryl methyl sites for hydroxylation is 1. The molecular weight excluding hydrogens is 430 g/mol. The Hall–Kier alpha value is -1.68. The molecule has 0 aliphatic rings. The van der Waals surface area contributed by atoms with E-state index in [1.54, 1.807) is 0 Å². The second kappa shape index (κ2) is 20.5. The van der Waals surface area contributed by atoms with Gasteiger partial charge in [-0.15, -0.1) is 0 Å². The Morgan fingerprint density at radius 1 is 0.600 bits per heavy atom. The molecule has 198 valence electrons. The van der Waals surface area contributed by atoms with Crippen LogP contribution in [-0.4, -0.2) is 23.2 Å². The van der Waals surface area contributed by atoms with E-state index < -0.39 is 0 Å². The van der Waals surface area contributed by atoms with Gasteiger partial charge in [0.25, 0.3) is 0 Å². The van der Waals surface area contributed by atoms with Gasteiger partial charge in [-0.1, -0.05) is 128 Å². The number of nitrogens with two attached hydrogens (primary N) is 1. The second-order valence-electron chi connectivity index (χ2n) is 10.3. The highest BCUT2D eigenvalue weighted by Gasteiger charge is 2.05. The molecule has 4 heteroatoms. The average molecular weight is 484 g/mol. The van der Waals surface area contributed by atoms with Crippen molar-refractivity contribution in [3.05, 3.63) is 30.0 Å². The summed E-state index contributed by atoms with van der Waals surface area (Å²) in [4.78, 5) is 8.78. The third-order valence-corrected chi connectivity index (χ3v) is 7.04. The van der Waals surface area contributed by atoms with Crippen LogP contribution >= 0.6 is 0 Å². The van der Waals surface area contributed by atoms with Gasteiger partial charge in [-0.3, -0.25) is 0 Å². The Labute approximate surface area is 215 Å². The van der Waals surface area contributed by atoms with Crippen LogP contribution in [0.1, 0.15) is 135 Å². The first-order valence-corrected chi connectivity index (χ1v) is 14.9. The number of hydrogen-bond donors (Lipinski definition) is 1. The van der Waals surface area contributed by atoms with Crippen molar-refractivity contribution in [3.63, 3.8) is 0 Å². The zero-order valence-corrected chi connectivity index (χ0v) is 22.7. The molecule has 0 unspecified atom stereocenters. The SMILES string of the molecule is CCCCCCCCCCCCCCCCCCOCCCCCc1nc(N)nc2ccccc12. The first kappa shape index (κ1) is 29.5. The van der Waals surface area contributed by atoms with Gasteiger partial charge < -0.3 is 10.5 Å². The van der Waals surface area contributed by atoms with E-state index in [4.69, 9.17) is 10.5 Å². The van der Waals surface area contributed by atoms with Crippen molar-refractivity contribution in [3.8, 4) is 0 Å². The van der Waals surface area contributed by atoms with Gasteiger partial charge in [0, 0.05) is 18.6 Å². The fourth-order valence-corrected chi connectivity index (χ4v) is 4.88. The predicted molar refractivity (Wildman–Crippen MR) is 152 cm³/mol. The first-order valence-electron chi connectivity index (χ1n) is 14.9. The molecule has 0 bridgehead atoms. The van der Waals surface area contributed by atoms with E-state index >= 15 is 0 Å². The number of nitrogens with zero attached hydrogens (tertiary/aromatic N) is 2. The van der Waals surface area contributed by atoms with Gasteiger partial charge in [-0.05, 0) is 31.7 Å². The van der Waals surface area contributed by atoms with Gasteiger partial charge >= 0.3 is 0 Å². The summed E-state index contributed by atoms with van der Waals surface area (Å²) in [5.74, 6) is 0.376. The average Bonchev–Trinajstić information content (AvgIpc) is 2.87. The van der Waals surface area contributed by atoms with E-state index in [9.17, 15) is 0 Å². The van der Waals surface area contributed by atoms with Crippen molar-refractivity contribution < 1.29 is 4.74 Å². The molecule has 1 aromatic carbocycles. The van der Waals surface area contributed by atoms with E-state index in [1.807, 2.05) is 18.2 Å². The Kier molecular flexibility index (Phi) is 17.3. The molecule has 1 aromatic heterocycles. The molecule has 0 spiro atoms. The number of benzene rings is 1. The van der Waals surface area contributed by atoms with Crippen molar-refractivity contribution >= 4 is 16.9 Å². The minimum absolute atomic E-state index is 0.376. The van der Waals surface area contributed by atoms with E-state index in [0.717, 1.165) is 55.5 Å². The molecule has 2 rings (SSSR count). The number of aromatic nitrogens is 2. The Balaban J connectivity index is 1.30. The molecule has 0 saturated heterocycles. The molecule has 0 amide bonds. The van der Waals surface area contributed by atoms with Gasteiger partial charge in [-0.2, -0.15) is 0 Å². The van der Waals surface area contributed by atoms with Gasteiger partial charge in [0.05, 0.1) is 11.2 Å². The molecule has 0 fully saturated rings. The molecule has 0 atom stereocenters. The summed E-state index contributed by atoms with van der Waals surface area (Å²) in [7, 11) is 0. The summed E-state index contributed by atoms with van der Waals surface area (Å²) in [6.45, 7) is 4.10. The highest BCUT2D eigenvalue weighted by molar-refractivity contribution is 5.81. The van der Waals surface area contributed by atoms with Crippen LogP contribution in [0.5, 0.6) is 0 Å². The summed E-state index contributed by atoms with van der Waals surface area (Å²) in [5, 5.41) is 1.13. The van der Waals surface area contributed by atoms with E-state index in [2.05, 4.69) is 23.0 Å². The first-order chi connectivity index (χ1) is 17.3. The third kappa shape index (κ3) is 14.5. The molecule has 2 N–H and O–H groups in total. The number of fused-ring (bicyclic) bond motifs is 1. The van der Waals surface area contributed by atoms with Crippen molar-refractivity contribution in [2.45, 2.75) is 135 Å². The number of ether oxygens (including phenoxy) is 1. The summed E-state index contributed by atoms with van der Waals surface area (Å²) in [6.07, 6.45) is 26.9. The van der Waals surface area contributed by atoms with Crippen molar-refractivity contribution in [2.24, 2.45) is 0 Å². The molecule has 4 nitrogen and oxygen atoms in total. The number of hydrogen-bond acceptors (Lipinski definition) is 4. The van der Waals surface area contributed by atoms with Crippen molar-refractivity contribution in [1.29, 1.82) is 0 Å². The Morgan fingerprint density at radius 2 is 1.09 bits per heavy atom. The summed E-state index contributed by atoms with van der Waals surface area (Å²) in [5.41, 5.74) is 7.88. The van der Waals surface area contributed by atoms with Gasteiger partial charge in [0.15, 0.2) is 0 Å². The van der Waals surface area contributed by atoms with Crippen LogP contribution in [0.4, 0.5) is 5.95 Å². The van der Waals surface area contributed by atoms with Crippen LogP contribution in [-0.2, 0) is 11.2 Å². The highest BCUT2D eigenvalue weighted by Crippen LogP contribution is 2.18. The Bertz CT molecular complexity index is 764. The van der Waals surface area contributed by atoms with Crippen molar-refractivity contribution in [1.82, 2.24) is 9.97 Å². The quantitative estimate of drug-likeness (QED) is 0.160. The zero-order valence-electron chi connectivity index (χ0n) is 22.7. The predicted octanol–water partition coefficient (Wildman–Crippen LogP) is 9.20. The molecule has 2 aromatic rings. The van der Waals surface area contributed by atoms with Crippen LogP contribution in [0.2, 0.25) is 0 Å². The third-order valence-electron chi connectivity index (χ3n) is 7.04. The smallest absolute Gasteiger partial charge is 0.220 e. The second-order valence-corrected chi connectivity index (χ2v) is 10.3. The standard InChI is InChI=1S/C31H53N3O/c1-2-3-4-5-6-7-8-9-10-11-12-13-14-15-16-21-26-35-27-22-17-18-24-29-28-23-19-20-25-30(28)34-31(32)33-29/h19-20,23,25H,2-18,21-22,24,26-27H2,1H3,(H2,32,33,34). The number of anilines is 1. The maximum absolute atomic E-state index is 5.87. The minimum Gasteiger partial charge on any atom is -0.381 e. The van der Waals surface area contributed by atoms with E-state index in [1.165, 1.54) is 103 Å². The lowest BCUT2D eigenvalue weighted by Gasteiger charge is -2.07. The molecular formula is C31H53N3O.